The van der Waals surface area contributed by atoms with Gasteiger partial charge in [-0.25, -0.2) is 9.13 Å². The van der Waals surface area contributed by atoms with E-state index in [9.17, 15) is 43.2 Å². The topological polar surface area (TPSA) is 237 Å². The van der Waals surface area contributed by atoms with Gasteiger partial charge < -0.3 is 33.8 Å². The lowest BCUT2D eigenvalue weighted by Gasteiger charge is -2.21. The summed E-state index contributed by atoms with van der Waals surface area (Å²) < 4.78 is 69.3. The Hall–Kier alpha value is -1.94. The molecule has 0 saturated carbocycles. The molecule has 2 unspecified atom stereocenters. The molecule has 0 aliphatic heterocycles. The van der Waals surface area contributed by atoms with Crippen molar-refractivity contribution in [2.24, 2.45) is 0 Å². The molecule has 0 fully saturated rings. The molecule has 5 atom stereocenters. The molecular weight excluding hydrogens is 1510 g/mol. The van der Waals surface area contributed by atoms with Gasteiger partial charge in [-0.05, 0) is 25.7 Å². The van der Waals surface area contributed by atoms with E-state index in [1.165, 1.54) is 379 Å². The predicted molar refractivity (Wildman–Crippen MR) is 488 cm³/mol. The first kappa shape index (κ1) is 115. The number of rotatable bonds is 99. The Bertz CT molecular complexity index is 2190. The van der Waals surface area contributed by atoms with Gasteiger partial charge in [-0.2, -0.15) is 0 Å². The zero-order valence-corrected chi connectivity index (χ0v) is 79.0. The zero-order chi connectivity index (χ0) is 85.2. The molecule has 0 aromatic rings. The molecule has 0 bridgehead atoms. The predicted octanol–water partition coefficient (Wildman–Crippen LogP) is 31.2. The van der Waals surface area contributed by atoms with E-state index in [2.05, 4.69) is 27.7 Å². The monoisotopic (exact) mass is 1700 g/mol. The molecule has 696 valence electrons. The van der Waals surface area contributed by atoms with Crippen molar-refractivity contribution in [3.63, 3.8) is 0 Å². The van der Waals surface area contributed by atoms with Crippen LogP contribution >= 0.6 is 15.6 Å². The molecule has 117 heavy (non-hydrogen) atoms. The maximum Gasteiger partial charge on any atom is 0.472 e. The number of hydrogen-bond acceptors (Lipinski definition) is 15. The molecule has 0 aliphatic carbocycles. The van der Waals surface area contributed by atoms with Crippen LogP contribution in [0.5, 0.6) is 0 Å². The van der Waals surface area contributed by atoms with Crippen molar-refractivity contribution in [2.75, 3.05) is 39.6 Å². The molecule has 0 rings (SSSR count). The van der Waals surface area contributed by atoms with Gasteiger partial charge in [-0.1, -0.05) is 496 Å². The second-order valence-corrected chi connectivity index (χ2v) is 38.1. The van der Waals surface area contributed by atoms with E-state index in [0.29, 0.717) is 25.7 Å². The number of aliphatic hydroxyl groups excluding tert-OH is 1. The number of esters is 4. The lowest BCUT2D eigenvalue weighted by molar-refractivity contribution is -0.161. The summed E-state index contributed by atoms with van der Waals surface area (Å²) in [6.45, 7) is 5.12. The largest absolute Gasteiger partial charge is 0.472 e. The maximum atomic E-state index is 13.2. The van der Waals surface area contributed by atoms with Crippen LogP contribution in [0.3, 0.4) is 0 Å². The number of phosphoric ester groups is 2. The Labute approximate surface area is 721 Å². The normalized spacial score (nSPS) is 13.5. The summed E-state index contributed by atoms with van der Waals surface area (Å²) >= 11 is 0. The number of phosphoric acid groups is 2. The summed E-state index contributed by atoms with van der Waals surface area (Å²) in [5.41, 5.74) is 0. The van der Waals surface area contributed by atoms with E-state index in [1.807, 2.05) is 0 Å². The van der Waals surface area contributed by atoms with E-state index >= 15 is 0 Å². The summed E-state index contributed by atoms with van der Waals surface area (Å²) in [7, 11) is -9.94. The molecule has 0 aromatic carbocycles. The first-order valence-electron chi connectivity index (χ1n) is 50.8. The van der Waals surface area contributed by atoms with Crippen molar-refractivity contribution in [3.8, 4) is 0 Å². The number of carbonyl (C=O) groups is 4. The highest BCUT2D eigenvalue weighted by Crippen LogP contribution is 2.45. The Morgan fingerprint density at radius 3 is 0.504 bits per heavy atom. The average Bonchev–Trinajstić information content (AvgIpc) is 0.898. The second-order valence-electron chi connectivity index (χ2n) is 35.2. The molecule has 19 heteroatoms. The van der Waals surface area contributed by atoms with E-state index in [0.717, 1.165) is 89.9 Å². The number of aliphatic hydroxyl groups is 1. The fourth-order valence-corrected chi connectivity index (χ4v) is 17.2. The molecule has 0 saturated heterocycles. The Balaban J connectivity index is 5.22. The van der Waals surface area contributed by atoms with Crippen LogP contribution in [0.1, 0.15) is 548 Å². The van der Waals surface area contributed by atoms with Gasteiger partial charge in [-0.15, -0.1) is 0 Å². The van der Waals surface area contributed by atoms with Crippen molar-refractivity contribution in [2.45, 2.75) is 566 Å². The standard InChI is InChI=1S/C98H192O17P2/c1-5-9-13-17-21-25-29-33-36-39-42-45-48-50-53-56-59-63-67-71-75-79-83-96(101)109-89-94(115-98(103)85-81-77-73-69-65-61-58-55-52-49-46-43-40-37-34-30-26-22-18-14-10-6-2)91-113-117(106,107)111-87-92(99)86-110-116(104,105)112-90-93(88-108-95(100)82-78-74-70-66-62-32-28-24-20-16-12-8-4)114-97(102)84-80-76-72-68-64-60-57-54-51-47-44-41-38-35-31-27-23-19-15-11-7-3/h92-94,99H,5-91H2,1-4H3,(H,104,105)(H,106,107)/t92-,93+,94+/m0/s1. The second kappa shape index (κ2) is 91.7. The van der Waals surface area contributed by atoms with Crippen molar-refractivity contribution in [3.05, 3.63) is 0 Å². The van der Waals surface area contributed by atoms with Gasteiger partial charge in [0, 0.05) is 25.7 Å². The van der Waals surface area contributed by atoms with E-state index in [-0.39, 0.29) is 25.7 Å². The van der Waals surface area contributed by atoms with Crippen molar-refractivity contribution in [1.82, 2.24) is 0 Å². The van der Waals surface area contributed by atoms with Gasteiger partial charge in [0.25, 0.3) is 0 Å². The highest BCUT2D eigenvalue weighted by molar-refractivity contribution is 7.47. The molecule has 0 aliphatic rings. The number of hydrogen-bond donors (Lipinski definition) is 3. The Morgan fingerprint density at radius 2 is 0.342 bits per heavy atom. The first-order valence-corrected chi connectivity index (χ1v) is 53.8. The minimum atomic E-state index is -4.97. The van der Waals surface area contributed by atoms with Crippen LogP contribution in [0, 0.1) is 0 Å². The molecule has 17 nitrogen and oxygen atoms in total. The van der Waals surface area contributed by atoms with Gasteiger partial charge in [-0.3, -0.25) is 37.3 Å². The highest BCUT2D eigenvalue weighted by atomic mass is 31.2. The third kappa shape index (κ3) is 91.6. The lowest BCUT2D eigenvalue weighted by Crippen LogP contribution is -2.30. The van der Waals surface area contributed by atoms with Crippen molar-refractivity contribution in [1.29, 1.82) is 0 Å². The maximum absolute atomic E-state index is 13.2. The van der Waals surface area contributed by atoms with Gasteiger partial charge in [0.15, 0.2) is 12.2 Å². The fourth-order valence-electron chi connectivity index (χ4n) is 15.6. The molecule has 0 spiro atoms. The third-order valence-corrected chi connectivity index (χ3v) is 25.3. The van der Waals surface area contributed by atoms with Crippen molar-refractivity contribution >= 4 is 39.5 Å². The van der Waals surface area contributed by atoms with Crippen LogP contribution < -0.4 is 0 Å². The number of carbonyl (C=O) groups excluding carboxylic acids is 4. The average molecular weight is 1700 g/mol. The smallest absolute Gasteiger partial charge is 0.462 e. The summed E-state index contributed by atoms with van der Waals surface area (Å²) in [6, 6.07) is 0. The SMILES string of the molecule is CCCCCCCCCCCCCCCCCCCCCCCCC(=O)OC[C@H](COP(=O)(O)OC[C@@H](O)COP(=O)(O)OC[C@@H](COC(=O)CCCCCCCCCCCCCC)OC(=O)CCCCCCCCCCCCCCCCCCCCCCC)OC(=O)CCCCCCCCCCCCCCCCCCCCCCCC. The van der Waals surface area contributed by atoms with E-state index in [4.69, 9.17) is 37.0 Å². The minimum absolute atomic E-state index is 0.110. The molecule has 3 N–H and O–H groups in total. The van der Waals surface area contributed by atoms with Gasteiger partial charge >= 0.3 is 39.5 Å². The molecule has 0 aromatic heterocycles. The van der Waals surface area contributed by atoms with Crippen LogP contribution in [0.25, 0.3) is 0 Å². The quantitative estimate of drug-likeness (QED) is 0.0222. The summed E-state index contributed by atoms with van der Waals surface area (Å²) in [6.07, 6.45) is 92.0. The van der Waals surface area contributed by atoms with Crippen LogP contribution in [0.2, 0.25) is 0 Å². The minimum Gasteiger partial charge on any atom is -0.462 e. The van der Waals surface area contributed by atoms with Crippen LogP contribution in [-0.4, -0.2) is 96.7 Å². The lowest BCUT2D eigenvalue weighted by atomic mass is 10.0. The zero-order valence-electron chi connectivity index (χ0n) is 77.2. The summed E-state index contributed by atoms with van der Waals surface area (Å²) in [5.74, 6) is -2.08. The highest BCUT2D eigenvalue weighted by Gasteiger charge is 2.31. The number of unbranched alkanes of at least 4 members (excludes halogenated alkanes) is 73. The van der Waals surface area contributed by atoms with Gasteiger partial charge in [0.2, 0.25) is 0 Å². The van der Waals surface area contributed by atoms with Gasteiger partial charge in [0.05, 0.1) is 26.4 Å². The summed E-state index contributed by atoms with van der Waals surface area (Å²) in [5, 5.41) is 10.7. The first-order chi connectivity index (χ1) is 57.2. The Kier molecular flexibility index (Phi) is 90.2. The third-order valence-electron chi connectivity index (χ3n) is 23.4. The molecule has 0 heterocycles. The van der Waals surface area contributed by atoms with Gasteiger partial charge in [0.1, 0.15) is 19.3 Å². The van der Waals surface area contributed by atoms with Crippen LogP contribution in [-0.2, 0) is 65.4 Å². The molecule has 0 amide bonds. The fraction of sp³-hybridized carbons (Fsp3) is 0.959. The molecular formula is C98H192O17P2. The molecule has 0 radical (unpaired) electrons. The summed E-state index contributed by atoms with van der Waals surface area (Å²) in [4.78, 5) is 73.6. The van der Waals surface area contributed by atoms with E-state index in [1.54, 1.807) is 0 Å². The van der Waals surface area contributed by atoms with Crippen LogP contribution in [0.15, 0.2) is 0 Å². The van der Waals surface area contributed by atoms with E-state index < -0.39 is 97.5 Å². The van der Waals surface area contributed by atoms with Crippen LogP contribution in [0.4, 0.5) is 0 Å². The Morgan fingerprint density at radius 1 is 0.205 bits per heavy atom. The van der Waals surface area contributed by atoms with Crippen molar-refractivity contribution < 1.29 is 80.2 Å². The number of ether oxygens (including phenoxy) is 4.